The van der Waals surface area contributed by atoms with E-state index in [-0.39, 0.29) is 5.56 Å². The summed E-state index contributed by atoms with van der Waals surface area (Å²) in [6.45, 7) is -0.499. The minimum Gasteiger partial charge on any atom is -0.394 e. The SMILES string of the molecule is O=c1[nH]c(=O)n(C2O[C@H](CO)[C@@H](O)[C@@H]2O)cc1C=CBr. The molecule has 0 spiro atoms. The highest BCUT2D eigenvalue weighted by Crippen LogP contribution is 2.27. The third kappa shape index (κ3) is 2.63. The molecule has 9 heteroatoms. The van der Waals surface area contributed by atoms with Crippen LogP contribution in [0.2, 0.25) is 0 Å². The molecule has 20 heavy (non-hydrogen) atoms. The van der Waals surface area contributed by atoms with Gasteiger partial charge in [0, 0.05) is 6.20 Å². The van der Waals surface area contributed by atoms with Gasteiger partial charge in [0.15, 0.2) is 6.23 Å². The van der Waals surface area contributed by atoms with Gasteiger partial charge in [0.2, 0.25) is 0 Å². The highest BCUT2D eigenvalue weighted by molar-refractivity contribution is 9.11. The summed E-state index contributed by atoms with van der Waals surface area (Å²) in [5.41, 5.74) is -1.20. The predicted molar refractivity (Wildman–Crippen MR) is 72.3 cm³/mol. The lowest BCUT2D eigenvalue weighted by molar-refractivity contribution is -0.0550. The number of nitrogens with zero attached hydrogens (tertiary/aromatic N) is 1. The van der Waals surface area contributed by atoms with Gasteiger partial charge in [-0.2, -0.15) is 0 Å². The summed E-state index contributed by atoms with van der Waals surface area (Å²) in [6.07, 6.45) is -2.27. The first kappa shape index (κ1) is 15.1. The van der Waals surface area contributed by atoms with Crippen molar-refractivity contribution in [3.63, 3.8) is 0 Å². The molecule has 4 N–H and O–H groups in total. The molecular weight excluding hydrogens is 336 g/mol. The number of ether oxygens (including phenoxy) is 1. The third-order valence-electron chi connectivity index (χ3n) is 3.03. The zero-order chi connectivity index (χ0) is 14.9. The zero-order valence-electron chi connectivity index (χ0n) is 10.1. The Morgan fingerprint density at radius 3 is 2.65 bits per heavy atom. The smallest absolute Gasteiger partial charge is 0.330 e. The van der Waals surface area contributed by atoms with Gasteiger partial charge in [-0.25, -0.2) is 4.79 Å². The lowest BCUT2D eigenvalue weighted by Crippen LogP contribution is -2.38. The van der Waals surface area contributed by atoms with E-state index in [9.17, 15) is 19.8 Å². The second kappa shape index (κ2) is 6.02. The van der Waals surface area contributed by atoms with Gasteiger partial charge in [0.25, 0.3) is 5.56 Å². The molecule has 0 amide bonds. The van der Waals surface area contributed by atoms with Crippen molar-refractivity contribution >= 4 is 22.0 Å². The Bertz CT molecular complexity index is 624. The van der Waals surface area contributed by atoms with E-state index in [0.29, 0.717) is 0 Å². The molecule has 8 nitrogen and oxygen atoms in total. The van der Waals surface area contributed by atoms with Crippen molar-refractivity contribution in [3.05, 3.63) is 37.6 Å². The van der Waals surface area contributed by atoms with Gasteiger partial charge < -0.3 is 20.1 Å². The normalized spacial score (nSPS) is 30.2. The fraction of sp³-hybridized carbons (Fsp3) is 0.455. The van der Waals surface area contributed by atoms with Gasteiger partial charge in [-0.3, -0.25) is 14.3 Å². The number of rotatable bonds is 3. The van der Waals surface area contributed by atoms with Crippen molar-refractivity contribution in [1.82, 2.24) is 9.55 Å². The van der Waals surface area contributed by atoms with E-state index in [1.54, 1.807) is 0 Å². The molecule has 1 aromatic rings. The molecule has 1 aliphatic rings. The maximum absolute atomic E-state index is 11.8. The Labute approximate surface area is 121 Å². The first-order valence-electron chi connectivity index (χ1n) is 5.74. The van der Waals surface area contributed by atoms with Gasteiger partial charge >= 0.3 is 5.69 Å². The molecule has 2 rings (SSSR count). The first-order valence-corrected chi connectivity index (χ1v) is 6.66. The minimum atomic E-state index is -1.39. The van der Waals surface area contributed by atoms with Crippen LogP contribution in [0, 0.1) is 0 Å². The van der Waals surface area contributed by atoms with Crippen LogP contribution in [-0.2, 0) is 4.74 Å². The van der Waals surface area contributed by atoms with Gasteiger partial charge in [-0.15, -0.1) is 0 Å². The molecule has 1 unspecified atom stereocenters. The van der Waals surface area contributed by atoms with Crippen LogP contribution in [0.5, 0.6) is 0 Å². The van der Waals surface area contributed by atoms with Gasteiger partial charge in [0.1, 0.15) is 18.3 Å². The number of hydrogen-bond donors (Lipinski definition) is 4. The van der Waals surface area contributed by atoms with E-state index in [1.807, 2.05) is 0 Å². The van der Waals surface area contributed by atoms with Crippen LogP contribution >= 0.6 is 15.9 Å². The fourth-order valence-corrected chi connectivity index (χ4v) is 2.27. The Hall–Kier alpha value is -1.26. The number of hydrogen-bond acceptors (Lipinski definition) is 6. The van der Waals surface area contributed by atoms with Crippen molar-refractivity contribution in [1.29, 1.82) is 0 Å². The predicted octanol–water partition coefficient (Wildman–Crippen LogP) is -1.49. The van der Waals surface area contributed by atoms with Crippen LogP contribution in [0.15, 0.2) is 20.8 Å². The number of aromatic nitrogens is 2. The number of H-pyrrole nitrogens is 1. The van der Waals surface area contributed by atoms with Gasteiger partial charge in [-0.05, 0) is 11.1 Å². The number of aliphatic hydroxyl groups excluding tert-OH is 3. The maximum atomic E-state index is 11.8. The topological polar surface area (TPSA) is 125 Å². The monoisotopic (exact) mass is 348 g/mol. The summed E-state index contributed by atoms with van der Waals surface area (Å²) in [4.78, 5) is 26.8. The molecule has 4 atom stereocenters. The first-order chi connectivity index (χ1) is 9.49. The maximum Gasteiger partial charge on any atom is 0.330 e. The molecule has 0 aliphatic carbocycles. The van der Waals surface area contributed by atoms with E-state index < -0.39 is 42.4 Å². The van der Waals surface area contributed by atoms with Crippen LogP contribution in [-0.4, -0.2) is 49.8 Å². The molecular formula is C11H13BrN2O6. The molecule has 110 valence electrons. The van der Waals surface area contributed by atoms with E-state index >= 15 is 0 Å². The number of halogens is 1. The fourth-order valence-electron chi connectivity index (χ4n) is 1.99. The molecule has 0 radical (unpaired) electrons. The van der Waals surface area contributed by atoms with Crippen molar-refractivity contribution in [2.75, 3.05) is 6.61 Å². The summed E-state index contributed by atoms with van der Waals surface area (Å²) in [7, 11) is 0. The van der Waals surface area contributed by atoms with E-state index in [0.717, 1.165) is 4.57 Å². The van der Waals surface area contributed by atoms with E-state index in [1.165, 1.54) is 17.3 Å². The van der Waals surface area contributed by atoms with Crippen molar-refractivity contribution < 1.29 is 20.1 Å². The quantitative estimate of drug-likeness (QED) is 0.527. The molecule has 1 aliphatic heterocycles. The molecule has 2 heterocycles. The number of aliphatic hydroxyl groups is 3. The number of nitrogens with one attached hydrogen (secondary N) is 1. The van der Waals surface area contributed by atoms with Crippen LogP contribution < -0.4 is 11.2 Å². The van der Waals surface area contributed by atoms with E-state index in [2.05, 4.69) is 20.9 Å². The van der Waals surface area contributed by atoms with Crippen LogP contribution in [0.3, 0.4) is 0 Å². The zero-order valence-corrected chi connectivity index (χ0v) is 11.7. The Morgan fingerprint density at radius 2 is 2.10 bits per heavy atom. The average Bonchev–Trinajstić information content (AvgIpc) is 2.70. The van der Waals surface area contributed by atoms with Gasteiger partial charge in [0.05, 0.1) is 12.2 Å². The summed E-state index contributed by atoms with van der Waals surface area (Å²) in [6, 6.07) is 0. The number of aromatic amines is 1. The Morgan fingerprint density at radius 1 is 1.40 bits per heavy atom. The second-order valence-electron chi connectivity index (χ2n) is 4.27. The molecule has 1 fully saturated rings. The summed E-state index contributed by atoms with van der Waals surface area (Å²) in [5, 5.41) is 28.5. The summed E-state index contributed by atoms with van der Waals surface area (Å²) in [5.74, 6) is 0. The van der Waals surface area contributed by atoms with Crippen molar-refractivity contribution in [2.24, 2.45) is 0 Å². The van der Waals surface area contributed by atoms with Crippen molar-refractivity contribution in [2.45, 2.75) is 24.5 Å². The molecule has 0 bridgehead atoms. The lowest BCUT2D eigenvalue weighted by atomic mass is 10.1. The van der Waals surface area contributed by atoms with Crippen molar-refractivity contribution in [3.8, 4) is 0 Å². The van der Waals surface area contributed by atoms with Crippen LogP contribution in [0.1, 0.15) is 11.8 Å². The summed E-state index contributed by atoms with van der Waals surface area (Å²) < 4.78 is 6.20. The standard InChI is InChI=1S/C11H13BrN2O6/c12-2-1-5-3-14(11(19)13-9(5)18)10-8(17)7(16)6(4-15)20-10/h1-3,6-8,10,15-17H,4H2,(H,13,18,19)/t6-,7-,8+,10?/m1/s1. The molecule has 0 aromatic carbocycles. The highest BCUT2D eigenvalue weighted by atomic mass is 79.9. The second-order valence-corrected chi connectivity index (χ2v) is 4.80. The molecule has 1 saturated heterocycles. The molecule has 1 aromatic heterocycles. The summed E-state index contributed by atoms with van der Waals surface area (Å²) >= 11 is 3.01. The van der Waals surface area contributed by atoms with Gasteiger partial charge in [-0.1, -0.05) is 15.9 Å². The third-order valence-corrected chi connectivity index (χ3v) is 3.29. The lowest BCUT2D eigenvalue weighted by Gasteiger charge is -2.17. The van der Waals surface area contributed by atoms with Crippen LogP contribution in [0.4, 0.5) is 0 Å². The Kier molecular flexibility index (Phi) is 4.55. The van der Waals surface area contributed by atoms with E-state index in [4.69, 9.17) is 9.84 Å². The highest BCUT2D eigenvalue weighted by Gasteiger charge is 2.43. The Balaban J connectivity index is 2.46. The van der Waals surface area contributed by atoms with Crippen LogP contribution in [0.25, 0.3) is 6.08 Å². The largest absolute Gasteiger partial charge is 0.394 e. The average molecular weight is 349 g/mol. The minimum absolute atomic E-state index is 0.166. The molecule has 0 saturated carbocycles.